The molecule has 0 radical (unpaired) electrons. The minimum Gasteiger partial charge on any atom is -0.364 e. The van der Waals surface area contributed by atoms with E-state index >= 15 is 0 Å². The maximum Gasteiger partial charge on any atom is 0.0574 e. The van der Waals surface area contributed by atoms with Crippen LogP contribution < -0.4 is 10.6 Å². The molecule has 2 N–H and O–H groups in total. The fourth-order valence-corrected chi connectivity index (χ4v) is 4.06. The standard InChI is InChI=1S/C19H32N2/c1-4-5-15-21(17-11-7-6-8-12-17)19(16-20)14-10-9-13-18(19,2)3/h6-8,11-12H,4-5,9-10,13-16,20H2,1-3H3. The third-order valence-corrected chi connectivity index (χ3v) is 5.56. The van der Waals surface area contributed by atoms with E-state index in [1.165, 1.54) is 44.2 Å². The zero-order valence-electron chi connectivity index (χ0n) is 14.1. The monoisotopic (exact) mass is 288 g/mol. The Balaban J connectivity index is 2.41. The van der Waals surface area contributed by atoms with Crippen LogP contribution in [-0.2, 0) is 0 Å². The summed E-state index contributed by atoms with van der Waals surface area (Å²) in [4.78, 5) is 2.63. The Bertz CT molecular complexity index is 426. The van der Waals surface area contributed by atoms with Gasteiger partial charge in [0.1, 0.15) is 0 Å². The van der Waals surface area contributed by atoms with Gasteiger partial charge >= 0.3 is 0 Å². The van der Waals surface area contributed by atoms with Gasteiger partial charge in [-0.2, -0.15) is 0 Å². The van der Waals surface area contributed by atoms with Gasteiger partial charge in [-0.25, -0.2) is 0 Å². The highest BCUT2D eigenvalue weighted by Crippen LogP contribution is 2.48. The first kappa shape index (κ1) is 16.4. The van der Waals surface area contributed by atoms with Gasteiger partial charge in [-0.15, -0.1) is 0 Å². The van der Waals surface area contributed by atoms with E-state index in [1.54, 1.807) is 0 Å². The van der Waals surface area contributed by atoms with Gasteiger partial charge in [-0.3, -0.25) is 0 Å². The van der Waals surface area contributed by atoms with Gasteiger partial charge in [-0.1, -0.05) is 58.2 Å². The van der Waals surface area contributed by atoms with Crippen LogP contribution in [0, 0.1) is 5.41 Å². The summed E-state index contributed by atoms with van der Waals surface area (Å²) >= 11 is 0. The predicted molar refractivity (Wildman–Crippen MR) is 92.7 cm³/mol. The number of rotatable bonds is 6. The Kier molecular flexibility index (Phi) is 5.32. The Hall–Kier alpha value is -1.02. The molecule has 0 spiro atoms. The van der Waals surface area contributed by atoms with Crippen LogP contribution in [0.25, 0.3) is 0 Å². The van der Waals surface area contributed by atoms with Crippen LogP contribution in [0.4, 0.5) is 5.69 Å². The molecule has 1 aliphatic carbocycles. The number of hydrogen-bond donors (Lipinski definition) is 1. The maximum absolute atomic E-state index is 6.38. The van der Waals surface area contributed by atoms with Gasteiger partial charge in [0.2, 0.25) is 0 Å². The van der Waals surface area contributed by atoms with Crippen molar-refractivity contribution in [1.82, 2.24) is 0 Å². The van der Waals surface area contributed by atoms with E-state index in [0.717, 1.165) is 13.1 Å². The fourth-order valence-electron chi connectivity index (χ4n) is 4.06. The predicted octanol–water partition coefficient (Wildman–Crippen LogP) is 4.59. The summed E-state index contributed by atoms with van der Waals surface area (Å²) in [6, 6.07) is 10.9. The van der Waals surface area contributed by atoms with Crippen LogP contribution in [0.15, 0.2) is 30.3 Å². The molecule has 0 saturated heterocycles. The molecule has 1 aromatic rings. The van der Waals surface area contributed by atoms with E-state index in [4.69, 9.17) is 5.73 Å². The molecular weight excluding hydrogens is 256 g/mol. The summed E-state index contributed by atoms with van der Waals surface area (Å²) < 4.78 is 0. The topological polar surface area (TPSA) is 29.3 Å². The zero-order valence-corrected chi connectivity index (χ0v) is 14.1. The number of nitrogens with two attached hydrogens (primary N) is 1. The second kappa shape index (κ2) is 6.83. The third kappa shape index (κ3) is 3.11. The average molecular weight is 288 g/mol. The van der Waals surface area contributed by atoms with Gasteiger partial charge in [0, 0.05) is 18.8 Å². The lowest BCUT2D eigenvalue weighted by molar-refractivity contribution is 0.0956. The Morgan fingerprint density at radius 1 is 1.10 bits per heavy atom. The van der Waals surface area contributed by atoms with E-state index in [9.17, 15) is 0 Å². The summed E-state index contributed by atoms with van der Waals surface area (Å²) in [5.74, 6) is 0. The molecule has 1 atom stereocenters. The number of benzene rings is 1. The van der Waals surface area contributed by atoms with Crippen molar-refractivity contribution < 1.29 is 0 Å². The first-order valence-electron chi connectivity index (χ1n) is 8.60. The molecule has 1 fully saturated rings. The number of nitrogens with zero attached hydrogens (tertiary/aromatic N) is 1. The summed E-state index contributed by atoms with van der Waals surface area (Å²) in [5.41, 5.74) is 8.09. The molecule has 21 heavy (non-hydrogen) atoms. The highest BCUT2D eigenvalue weighted by Gasteiger charge is 2.49. The number of anilines is 1. The van der Waals surface area contributed by atoms with Crippen molar-refractivity contribution in [3.05, 3.63) is 30.3 Å². The first-order chi connectivity index (χ1) is 10.1. The first-order valence-corrected chi connectivity index (χ1v) is 8.60. The molecule has 1 aromatic carbocycles. The molecule has 1 aliphatic rings. The Morgan fingerprint density at radius 3 is 2.33 bits per heavy atom. The lowest BCUT2D eigenvalue weighted by Gasteiger charge is -2.57. The molecule has 1 unspecified atom stereocenters. The molecule has 2 heteroatoms. The van der Waals surface area contributed by atoms with Gasteiger partial charge in [-0.05, 0) is 36.8 Å². The molecule has 0 amide bonds. The number of para-hydroxylation sites is 1. The molecule has 118 valence electrons. The van der Waals surface area contributed by atoms with Crippen molar-refractivity contribution in [2.75, 3.05) is 18.0 Å². The van der Waals surface area contributed by atoms with Crippen LogP contribution in [0.2, 0.25) is 0 Å². The minimum absolute atomic E-state index is 0.0990. The summed E-state index contributed by atoms with van der Waals surface area (Å²) in [7, 11) is 0. The van der Waals surface area contributed by atoms with E-state index in [2.05, 4.69) is 56.0 Å². The minimum atomic E-state index is 0.0990. The van der Waals surface area contributed by atoms with Gasteiger partial charge in [0.25, 0.3) is 0 Å². The van der Waals surface area contributed by atoms with Crippen LogP contribution >= 0.6 is 0 Å². The molecule has 0 aliphatic heterocycles. The van der Waals surface area contributed by atoms with Crippen molar-refractivity contribution in [3.63, 3.8) is 0 Å². The van der Waals surface area contributed by atoms with Crippen LogP contribution in [0.1, 0.15) is 59.3 Å². The van der Waals surface area contributed by atoms with Crippen molar-refractivity contribution in [2.24, 2.45) is 11.1 Å². The maximum atomic E-state index is 6.38. The van der Waals surface area contributed by atoms with Crippen LogP contribution in [-0.4, -0.2) is 18.6 Å². The average Bonchev–Trinajstić information content (AvgIpc) is 2.50. The number of hydrogen-bond acceptors (Lipinski definition) is 2. The Labute approximate surface area is 130 Å². The fraction of sp³-hybridized carbons (Fsp3) is 0.684. The second-order valence-corrected chi connectivity index (χ2v) is 7.17. The normalized spacial score (nSPS) is 24.8. The Morgan fingerprint density at radius 2 is 1.76 bits per heavy atom. The van der Waals surface area contributed by atoms with Crippen molar-refractivity contribution in [1.29, 1.82) is 0 Å². The molecule has 2 rings (SSSR count). The second-order valence-electron chi connectivity index (χ2n) is 7.17. The third-order valence-electron chi connectivity index (χ3n) is 5.56. The summed E-state index contributed by atoms with van der Waals surface area (Å²) in [6.07, 6.45) is 7.59. The van der Waals surface area contributed by atoms with Crippen molar-refractivity contribution >= 4 is 5.69 Å². The van der Waals surface area contributed by atoms with Crippen LogP contribution in [0.3, 0.4) is 0 Å². The molecule has 0 aromatic heterocycles. The summed E-state index contributed by atoms with van der Waals surface area (Å²) in [6.45, 7) is 8.96. The van der Waals surface area contributed by atoms with E-state index in [1.807, 2.05) is 0 Å². The SMILES string of the molecule is CCCCN(c1ccccc1)C1(CN)CCCCC1(C)C. The molecular formula is C19H32N2. The smallest absolute Gasteiger partial charge is 0.0574 e. The van der Waals surface area contributed by atoms with E-state index < -0.39 is 0 Å². The molecule has 0 heterocycles. The number of unbranched alkanes of at least 4 members (excludes halogenated alkanes) is 1. The largest absolute Gasteiger partial charge is 0.364 e. The van der Waals surface area contributed by atoms with Gasteiger partial charge in [0.05, 0.1) is 5.54 Å². The summed E-state index contributed by atoms with van der Waals surface area (Å²) in [5, 5.41) is 0. The lowest BCUT2D eigenvalue weighted by atomic mass is 9.62. The zero-order chi connectivity index (χ0) is 15.3. The quantitative estimate of drug-likeness (QED) is 0.829. The molecule has 2 nitrogen and oxygen atoms in total. The van der Waals surface area contributed by atoms with Gasteiger partial charge < -0.3 is 10.6 Å². The van der Waals surface area contributed by atoms with E-state index in [-0.39, 0.29) is 11.0 Å². The van der Waals surface area contributed by atoms with Crippen LogP contribution in [0.5, 0.6) is 0 Å². The molecule has 1 saturated carbocycles. The molecule has 0 bridgehead atoms. The van der Waals surface area contributed by atoms with E-state index in [0.29, 0.717) is 0 Å². The van der Waals surface area contributed by atoms with Crippen molar-refractivity contribution in [3.8, 4) is 0 Å². The van der Waals surface area contributed by atoms with Crippen molar-refractivity contribution in [2.45, 2.75) is 64.8 Å². The lowest BCUT2D eigenvalue weighted by Crippen LogP contribution is -2.64. The van der Waals surface area contributed by atoms with Gasteiger partial charge in [0.15, 0.2) is 0 Å². The highest BCUT2D eigenvalue weighted by atomic mass is 15.2. The highest BCUT2D eigenvalue weighted by molar-refractivity contribution is 5.50.